The van der Waals surface area contributed by atoms with E-state index in [1.807, 2.05) is 36.4 Å². The number of hydrogen-bond acceptors (Lipinski definition) is 4. The Morgan fingerprint density at radius 2 is 1.97 bits per heavy atom. The van der Waals surface area contributed by atoms with Crippen molar-refractivity contribution in [1.82, 2.24) is 0 Å². The van der Waals surface area contributed by atoms with Crippen molar-refractivity contribution < 1.29 is 19.1 Å². The maximum absolute atomic E-state index is 12.5. The predicted molar refractivity (Wildman–Crippen MR) is 114 cm³/mol. The molecule has 1 N–H and O–H groups in total. The molecule has 29 heavy (non-hydrogen) atoms. The Labute approximate surface area is 171 Å². The second-order valence-electron chi connectivity index (χ2n) is 7.60. The van der Waals surface area contributed by atoms with Crippen LogP contribution in [-0.2, 0) is 9.59 Å². The molecule has 1 aliphatic rings. The van der Waals surface area contributed by atoms with Crippen LogP contribution >= 0.6 is 0 Å². The first-order valence-corrected chi connectivity index (χ1v) is 10.0. The van der Waals surface area contributed by atoms with Crippen molar-refractivity contribution in [2.45, 2.75) is 39.7 Å². The number of amides is 2. The van der Waals surface area contributed by atoms with Crippen molar-refractivity contribution in [3.05, 3.63) is 48.5 Å². The second-order valence-corrected chi connectivity index (χ2v) is 7.60. The van der Waals surface area contributed by atoms with Crippen LogP contribution in [0.15, 0.2) is 48.5 Å². The van der Waals surface area contributed by atoms with E-state index in [2.05, 4.69) is 19.2 Å². The summed E-state index contributed by atoms with van der Waals surface area (Å²) in [6, 6.07) is 15.0. The number of para-hydroxylation sites is 1. The molecule has 0 saturated heterocycles. The first-order valence-electron chi connectivity index (χ1n) is 10.0. The molecule has 1 heterocycles. The van der Waals surface area contributed by atoms with Gasteiger partial charge in [-0.1, -0.05) is 32.0 Å². The number of fused-ring (bicyclic) bond motifs is 1. The average Bonchev–Trinajstić information content (AvgIpc) is 2.69. The Bertz CT molecular complexity index is 851. The Kier molecular flexibility index (Phi) is 6.75. The van der Waals surface area contributed by atoms with Gasteiger partial charge in [-0.05, 0) is 43.5 Å². The maximum Gasteiger partial charge on any atom is 0.267 e. The predicted octanol–water partition coefficient (Wildman–Crippen LogP) is 4.25. The third-order valence-corrected chi connectivity index (χ3v) is 4.56. The SMILES string of the molecule is CC(C)CN1C(=O)C(C)Oc2cc(NC(=O)CCCOc3ccccc3)ccc21. The summed E-state index contributed by atoms with van der Waals surface area (Å²) in [6.07, 6.45) is 0.442. The summed E-state index contributed by atoms with van der Waals surface area (Å²) < 4.78 is 11.4. The van der Waals surface area contributed by atoms with E-state index in [-0.39, 0.29) is 11.8 Å². The highest BCUT2D eigenvalue weighted by Gasteiger charge is 2.31. The molecular formula is C23H28N2O4. The standard InChI is InChI=1S/C23H28N2O4/c1-16(2)15-25-20-12-11-18(14-21(20)29-17(3)23(25)27)24-22(26)10-7-13-28-19-8-5-4-6-9-19/h4-6,8-9,11-12,14,16-17H,7,10,13,15H2,1-3H3,(H,24,26). The number of benzene rings is 2. The van der Waals surface area contributed by atoms with Crippen molar-refractivity contribution in [2.24, 2.45) is 5.92 Å². The van der Waals surface area contributed by atoms with Crippen molar-refractivity contribution in [1.29, 1.82) is 0 Å². The number of nitrogens with one attached hydrogen (secondary N) is 1. The van der Waals surface area contributed by atoms with Crippen molar-refractivity contribution in [2.75, 3.05) is 23.4 Å². The number of hydrogen-bond donors (Lipinski definition) is 1. The molecule has 0 fully saturated rings. The molecule has 154 valence electrons. The number of carbonyl (C=O) groups is 2. The van der Waals surface area contributed by atoms with Gasteiger partial charge in [0.2, 0.25) is 5.91 Å². The van der Waals surface area contributed by atoms with Gasteiger partial charge in [-0.3, -0.25) is 9.59 Å². The average molecular weight is 396 g/mol. The zero-order chi connectivity index (χ0) is 20.8. The van der Waals surface area contributed by atoms with Crippen molar-refractivity contribution in [3.8, 4) is 11.5 Å². The molecule has 3 rings (SSSR count). The van der Waals surface area contributed by atoms with E-state index in [1.54, 1.807) is 24.0 Å². The summed E-state index contributed by atoms with van der Waals surface area (Å²) in [4.78, 5) is 26.5. The van der Waals surface area contributed by atoms with Crippen molar-refractivity contribution in [3.63, 3.8) is 0 Å². The van der Waals surface area contributed by atoms with Gasteiger partial charge >= 0.3 is 0 Å². The second kappa shape index (κ2) is 9.45. The Balaban J connectivity index is 1.56. The fourth-order valence-electron chi connectivity index (χ4n) is 3.20. The number of anilines is 2. The van der Waals surface area contributed by atoms with Crippen molar-refractivity contribution >= 4 is 23.2 Å². The van der Waals surface area contributed by atoms with Crippen LogP contribution in [0.2, 0.25) is 0 Å². The lowest BCUT2D eigenvalue weighted by Crippen LogP contribution is -2.46. The zero-order valence-corrected chi connectivity index (χ0v) is 17.2. The smallest absolute Gasteiger partial charge is 0.267 e. The fourth-order valence-corrected chi connectivity index (χ4v) is 3.20. The van der Waals surface area contributed by atoms with Crippen LogP contribution in [0.3, 0.4) is 0 Å². The number of ether oxygens (including phenoxy) is 2. The van der Waals surface area contributed by atoms with E-state index in [0.29, 0.717) is 43.3 Å². The summed E-state index contributed by atoms with van der Waals surface area (Å²) in [5.41, 5.74) is 1.40. The minimum atomic E-state index is -0.540. The van der Waals surface area contributed by atoms with E-state index in [4.69, 9.17) is 9.47 Å². The summed E-state index contributed by atoms with van der Waals surface area (Å²) >= 11 is 0. The first kappa shape index (κ1) is 20.7. The van der Waals surface area contributed by atoms with Crippen LogP contribution in [0.1, 0.15) is 33.6 Å². The molecule has 0 aliphatic carbocycles. The van der Waals surface area contributed by atoms with Gasteiger partial charge in [0.1, 0.15) is 11.5 Å². The van der Waals surface area contributed by atoms with E-state index < -0.39 is 6.10 Å². The lowest BCUT2D eigenvalue weighted by molar-refractivity contribution is -0.125. The summed E-state index contributed by atoms with van der Waals surface area (Å²) in [7, 11) is 0. The molecule has 6 heteroatoms. The van der Waals surface area contributed by atoms with Gasteiger partial charge in [0.05, 0.1) is 12.3 Å². The van der Waals surface area contributed by atoms with E-state index in [0.717, 1.165) is 11.4 Å². The van der Waals surface area contributed by atoms with Gasteiger partial charge in [0.15, 0.2) is 6.10 Å². The van der Waals surface area contributed by atoms with E-state index in [9.17, 15) is 9.59 Å². The van der Waals surface area contributed by atoms with Gasteiger partial charge < -0.3 is 19.7 Å². The summed E-state index contributed by atoms with van der Waals surface area (Å²) in [6.45, 7) is 7.00. The molecule has 0 aromatic heterocycles. The lowest BCUT2D eigenvalue weighted by Gasteiger charge is -2.34. The topological polar surface area (TPSA) is 67.9 Å². The number of nitrogens with zero attached hydrogens (tertiary/aromatic N) is 1. The molecule has 2 aromatic carbocycles. The lowest BCUT2D eigenvalue weighted by atomic mass is 10.1. The minimum Gasteiger partial charge on any atom is -0.494 e. The van der Waals surface area contributed by atoms with Gasteiger partial charge in [-0.2, -0.15) is 0 Å². The normalized spacial score (nSPS) is 15.7. The van der Waals surface area contributed by atoms with Crippen LogP contribution in [0.5, 0.6) is 11.5 Å². The molecular weight excluding hydrogens is 368 g/mol. The molecule has 0 spiro atoms. The van der Waals surface area contributed by atoms with Gasteiger partial charge in [0.25, 0.3) is 5.91 Å². The Hall–Kier alpha value is -3.02. The molecule has 2 amide bonds. The van der Waals surface area contributed by atoms with Crippen LogP contribution in [0.4, 0.5) is 11.4 Å². The Morgan fingerprint density at radius 3 is 2.69 bits per heavy atom. The first-order chi connectivity index (χ1) is 13.9. The van der Waals surface area contributed by atoms with Gasteiger partial charge in [0, 0.05) is 24.7 Å². The zero-order valence-electron chi connectivity index (χ0n) is 17.2. The monoisotopic (exact) mass is 396 g/mol. The highest BCUT2D eigenvalue weighted by Crippen LogP contribution is 2.36. The largest absolute Gasteiger partial charge is 0.494 e. The summed E-state index contributed by atoms with van der Waals surface area (Å²) in [5, 5.41) is 2.89. The van der Waals surface area contributed by atoms with Crippen LogP contribution in [-0.4, -0.2) is 31.1 Å². The molecule has 0 saturated carbocycles. The molecule has 1 unspecified atom stereocenters. The molecule has 0 bridgehead atoms. The quantitative estimate of drug-likeness (QED) is 0.677. The molecule has 1 aliphatic heterocycles. The molecule has 1 atom stereocenters. The van der Waals surface area contributed by atoms with Crippen LogP contribution in [0.25, 0.3) is 0 Å². The molecule has 2 aromatic rings. The highest BCUT2D eigenvalue weighted by atomic mass is 16.5. The van der Waals surface area contributed by atoms with E-state index in [1.165, 1.54) is 0 Å². The van der Waals surface area contributed by atoms with Gasteiger partial charge in [-0.15, -0.1) is 0 Å². The Morgan fingerprint density at radius 1 is 1.21 bits per heavy atom. The molecule has 0 radical (unpaired) electrons. The number of rotatable bonds is 8. The minimum absolute atomic E-state index is 0.0404. The fraction of sp³-hybridized carbons (Fsp3) is 0.391. The highest BCUT2D eigenvalue weighted by molar-refractivity contribution is 6.00. The third-order valence-electron chi connectivity index (χ3n) is 4.56. The van der Waals surface area contributed by atoms with E-state index >= 15 is 0 Å². The number of carbonyl (C=O) groups excluding carboxylic acids is 2. The third kappa shape index (κ3) is 5.50. The maximum atomic E-state index is 12.5. The van der Waals surface area contributed by atoms with Crippen LogP contribution in [0, 0.1) is 5.92 Å². The molecule has 6 nitrogen and oxygen atoms in total. The van der Waals surface area contributed by atoms with Crippen LogP contribution < -0.4 is 19.7 Å². The van der Waals surface area contributed by atoms with Gasteiger partial charge in [-0.25, -0.2) is 0 Å². The summed E-state index contributed by atoms with van der Waals surface area (Å²) in [5.74, 6) is 1.63.